The zero-order valence-corrected chi connectivity index (χ0v) is 13.2. The molecule has 1 aliphatic carbocycles. The van der Waals surface area contributed by atoms with Gasteiger partial charge in [0.2, 0.25) is 0 Å². The van der Waals surface area contributed by atoms with Crippen molar-refractivity contribution < 1.29 is 5.11 Å². The summed E-state index contributed by atoms with van der Waals surface area (Å²) in [5, 5.41) is 17.3. The van der Waals surface area contributed by atoms with Crippen LogP contribution in [0.3, 0.4) is 0 Å². The van der Waals surface area contributed by atoms with Gasteiger partial charge in [-0.15, -0.1) is 0 Å². The molecule has 0 radical (unpaired) electrons. The van der Waals surface area contributed by atoms with Gasteiger partial charge in [0.05, 0.1) is 5.02 Å². The van der Waals surface area contributed by atoms with Crippen molar-refractivity contribution in [2.45, 2.75) is 57.0 Å². The van der Waals surface area contributed by atoms with E-state index >= 15 is 0 Å². The Balaban J connectivity index is 1.69. The Morgan fingerprint density at radius 1 is 1.10 bits per heavy atom. The van der Waals surface area contributed by atoms with Crippen LogP contribution in [-0.2, 0) is 0 Å². The summed E-state index contributed by atoms with van der Waals surface area (Å²) in [5.74, 6) is 0.850. The number of hydrogen-bond acceptors (Lipinski definition) is 3. The second kappa shape index (κ2) is 6.89. The third kappa shape index (κ3) is 3.64. The highest BCUT2D eigenvalue weighted by Crippen LogP contribution is 2.34. The largest absolute Gasteiger partial charge is 0.506 e. The average Bonchev–Trinajstić information content (AvgIpc) is 2.52. The number of aromatic hydroxyl groups is 1. The number of phenols is 1. The normalized spacial score (nSPS) is 30.0. The molecule has 2 fully saturated rings. The van der Waals surface area contributed by atoms with Crippen LogP contribution in [-0.4, -0.2) is 23.7 Å². The lowest BCUT2D eigenvalue weighted by molar-refractivity contribution is 0.217. The Morgan fingerprint density at radius 2 is 1.90 bits per heavy atom. The van der Waals surface area contributed by atoms with Crippen LogP contribution in [0.1, 0.15) is 44.9 Å². The third-order valence-corrected chi connectivity index (χ3v) is 5.29. The van der Waals surface area contributed by atoms with Crippen LogP contribution in [0.5, 0.6) is 5.75 Å². The molecule has 2 aliphatic rings. The zero-order valence-electron chi connectivity index (χ0n) is 12.4. The fraction of sp³-hybridized carbons (Fsp3) is 0.647. The summed E-state index contributed by atoms with van der Waals surface area (Å²) in [6.45, 7) is 1.17. The van der Waals surface area contributed by atoms with Crippen molar-refractivity contribution in [3.63, 3.8) is 0 Å². The minimum absolute atomic E-state index is 0.149. The van der Waals surface area contributed by atoms with Crippen molar-refractivity contribution in [3.05, 3.63) is 23.2 Å². The van der Waals surface area contributed by atoms with Crippen molar-refractivity contribution in [2.24, 2.45) is 5.92 Å². The third-order valence-electron chi connectivity index (χ3n) is 4.98. The number of halogens is 1. The van der Waals surface area contributed by atoms with Crippen molar-refractivity contribution in [1.29, 1.82) is 0 Å². The second-order valence-electron chi connectivity index (χ2n) is 6.42. The Kier molecular flexibility index (Phi) is 4.91. The van der Waals surface area contributed by atoms with E-state index in [-0.39, 0.29) is 5.75 Å². The first kappa shape index (κ1) is 15.0. The molecular formula is C17H25ClN2O. The minimum atomic E-state index is 0.149. The van der Waals surface area contributed by atoms with Crippen molar-refractivity contribution >= 4 is 17.3 Å². The van der Waals surface area contributed by atoms with E-state index in [0.29, 0.717) is 23.0 Å². The monoisotopic (exact) mass is 308 g/mol. The first-order valence-electron chi connectivity index (χ1n) is 8.22. The highest BCUT2D eigenvalue weighted by molar-refractivity contribution is 6.32. The number of anilines is 1. The molecule has 0 spiro atoms. The first-order valence-corrected chi connectivity index (χ1v) is 8.60. The number of benzene rings is 1. The van der Waals surface area contributed by atoms with Crippen LogP contribution >= 0.6 is 11.6 Å². The molecule has 4 heteroatoms. The van der Waals surface area contributed by atoms with Gasteiger partial charge in [0.15, 0.2) is 0 Å². The van der Waals surface area contributed by atoms with Gasteiger partial charge in [0.1, 0.15) is 5.75 Å². The van der Waals surface area contributed by atoms with E-state index in [1.165, 1.54) is 51.5 Å². The molecule has 0 bridgehead atoms. The summed E-state index contributed by atoms with van der Waals surface area (Å²) in [7, 11) is 0. The summed E-state index contributed by atoms with van der Waals surface area (Å²) >= 11 is 6.01. The number of nitrogens with one attached hydrogen (secondary N) is 2. The molecule has 1 aromatic rings. The highest BCUT2D eigenvalue weighted by atomic mass is 35.5. The lowest BCUT2D eigenvalue weighted by Crippen LogP contribution is -2.48. The Hall–Kier alpha value is -0.930. The van der Waals surface area contributed by atoms with Gasteiger partial charge >= 0.3 is 0 Å². The van der Waals surface area contributed by atoms with E-state index < -0.39 is 0 Å². The van der Waals surface area contributed by atoms with E-state index in [2.05, 4.69) is 10.6 Å². The van der Waals surface area contributed by atoms with E-state index in [9.17, 15) is 5.11 Å². The standard InChI is InChI=1S/C17H25ClN2O/c18-14-11-12(8-9-17(14)21)20-16-7-2-1-5-13(16)15-6-3-4-10-19-15/h8-9,11,13,15-16,19-21H,1-7,10H2. The molecule has 21 heavy (non-hydrogen) atoms. The lowest BCUT2D eigenvalue weighted by atomic mass is 9.77. The maximum absolute atomic E-state index is 9.54. The SMILES string of the molecule is Oc1ccc(NC2CCCCC2C2CCCCN2)cc1Cl. The molecule has 0 amide bonds. The molecule has 1 saturated carbocycles. The molecule has 3 nitrogen and oxygen atoms in total. The summed E-state index contributed by atoms with van der Waals surface area (Å²) in [5.41, 5.74) is 1.02. The molecule has 3 atom stereocenters. The van der Waals surface area contributed by atoms with Crippen molar-refractivity contribution in [3.8, 4) is 5.75 Å². The average molecular weight is 309 g/mol. The molecule has 1 aliphatic heterocycles. The van der Waals surface area contributed by atoms with E-state index in [4.69, 9.17) is 11.6 Å². The van der Waals surface area contributed by atoms with Gasteiger partial charge in [-0.2, -0.15) is 0 Å². The smallest absolute Gasteiger partial charge is 0.134 e. The van der Waals surface area contributed by atoms with Crippen LogP contribution in [0.25, 0.3) is 0 Å². The molecule has 116 valence electrons. The zero-order chi connectivity index (χ0) is 14.7. The molecule has 1 heterocycles. The number of phenolic OH excluding ortho intramolecular Hbond substituents is 1. The van der Waals surface area contributed by atoms with Crippen molar-refractivity contribution in [1.82, 2.24) is 5.32 Å². The highest BCUT2D eigenvalue weighted by Gasteiger charge is 2.32. The summed E-state index contributed by atoms with van der Waals surface area (Å²) < 4.78 is 0. The summed E-state index contributed by atoms with van der Waals surface area (Å²) in [6.07, 6.45) is 9.15. The fourth-order valence-electron chi connectivity index (χ4n) is 3.88. The molecule has 3 rings (SSSR count). The van der Waals surface area contributed by atoms with Crippen LogP contribution in [0.15, 0.2) is 18.2 Å². The van der Waals surface area contributed by atoms with Crippen LogP contribution in [0, 0.1) is 5.92 Å². The van der Waals surface area contributed by atoms with Gasteiger partial charge in [0, 0.05) is 17.8 Å². The summed E-state index contributed by atoms with van der Waals surface area (Å²) in [4.78, 5) is 0. The van der Waals surface area contributed by atoms with E-state index in [1.54, 1.807) is 6.07 Å². The Morgan fingerprint density at radius 3 is 2.67 bits per heavy atom. The first-order chi connectivity index (χ1) is 10.2. The number of piperidine rings is 1. The predicted octanol–water partition coefficient (Wildman–Crippen LogP) is 4.16. The molecule has 3 unspecified atom stereocenters. The molecular weight excluding hydrogens is 284 g/mol. The minimum Gasteiger partial charge on any atom is -0.506 e. The van der Waals surface area contributed by atoms with Gasteiger partial charge in [-0.1, -0.05) is 30.9 Å². The summed E-state index contributed by atoms with van der Waals surface area (Å²) in [6, 6.07) is 6.58. The van der Waals surface area contributed by atoms with E-state index in [0.717, 1.165) is 5.69 Å². The number of rotatable bonds is 3. The fourth-order valence-corrected chi connectivity index (χ4v) is 4.06. The van der Waals surface area contributed by atoms with Crippen LogP contribution in [0.4, 0.5) is 5.69 Å². The number of hydrogen-bond donors (Lipinski definition) is 3. The van der Waals surface area contributed by atoms with Gasteiger partial charge in [-0.3, -0.25) is 0 Å². The molecule has 3 N–H and O–H groups in total. The van der Waals surface area contributed by atoms with Crippen LogP contribution < -0.4 is 10.6 Å². The van der Waals surface area contributed by atoms with Gasteiger partial charge in [-0.25, -0.2) is 0 Å². The van der Waals surface area contributed by atoms with Gasteiger partial charge in [0.25, 0.3) is 0 Å². The van der Waals surface area contributed by atoms with Gasteiger partial charge < -0.3 is 15.7 Å². The Bertz CT molecular complexity index is 474. The van der Waals surface area contributed by atoms with Crippen LogP contribution in [0.2, 0.25) is 5.02 Å². The second-order valence-corrected chi connectivity index (χ2v) is 6.83. The maximum Gasteiger partial charge on any atom is 0.134 e. The van der Waals surface area contributed by atoms with Crippen molar-refractivity contribution in [2.75, 3.05) is 11.9 Å². The Labute approximate surface area is 132 Å². The topological polar surface area (TPSA) is 44.3 Å². The maximum atomic E-state index is 9.54. The predicted molar refractivity (Wildman–Crippen MR) is 88.1 cm³/mol. The quantitative estimate of drug-likeness (QED) is 0.735. The molecule has 1 saturated heterocycles. The van der Waals surface area contributed by atoms with E-state index in [1.807, 2.05) is 12.1 Å². The molecule has 1 aromatic carbocycles. The lowest BCUT2D eigenvalue weighted by Gasteiger charge is -2.40. The molecule has 0 aromatic heterocycles. The van der Waals surface area contributed by atoms with Gasteiger partial charge in [-0.05, 0) is 56.3 Å².